The minimum absolute atomic E-state index is 0.0379. The fourth-order valence-electron chi connectivity index (χ4n) is 5.64. The van der Waals surface area contributed by atoms with Gasteiger partial charge in [-0.15, -0.1) is 0 Å². The molecule has 4 aromatic heterocycles. The molecular weight excluding hydrogens is 528 g/mol. The summed E-state index contributed by atoms with van der Waals surface area (Å²) in [7, 11) is 0. The molecular formula is C28H34N8O5. The monoisotopic (exact) mass is 562 g/mol. The Morgan fingerprint density at radius 1 is 1.12 bits per heavy atom. The number of hydrogen-bond acceptors (Lipinski definition) is 10. The van der Waals surface area contributed by atoms with Crippen LogP contribution in [0.2, 0.25) is 0 Å². The van der Waals surface area contributed by atoms with Crippen LogP contribution in [-0.2, 0) is 11.3 Å². The number of hydrogen-bond donors (Lipinski definition) is 0. The number of aromatic nitrogens is 6. The van der Waals surface area contributed by atoms with E-state index in [-0.39, 0.29) is 24.7 Å². The molecule has 0 N–H and O–H groups in total. The zero-order chi connectivity index (χ0) is 28.3. The van der Waals surface area contributed by atoms with Gasteiger partial charge in [0.25, 0.3) is 0 Å². The van der Waals surface area contributed by atoms with Crippen LogP contribution in [0.1, 0.15) is 57.3 Å². The molecule has 41 heavy (non-hydrogen) atoms. The number of fused-ring (bicyclic) bond motifs is 1. The van der Waals surface area contributed by atoms with E-state index in [9.17, 15) is 10.1 Å². The number of rotatable bonds is 9. The molecule has 2 fully saturated rings. The third kappa shape index (κ3) is 5.80. The largest absolute Gasteiger partial charge is 0.484 e. The van der Waals surface area contributed by atoms with Crippen LogP contribution in [0, 0.1) is 10.1 Å². The summed E-state index contributed by atoms with van der Waals surface area (Å²) in [4.78, 5) is 30.9. The third-order valence-corrected chi connectivity index (χ3v) is 7.73. The molecule has 13 heteroatoms. The summed E-state index contributed by atoms with van der Waals surface area (Å²) in [5.41, 5.74) is 1.37. The van der Waals surface area contributed by atoms with Gasteiger partial charge in [0, 0.05) is 37.6 Å². The molecule has 0 amide bonds. The van der Waals surface area contributed by atoms with Gasteiger partial charge in [-0.3, -0.25) is 4.98 Å². The minimum atomic E-state index is -0.481. The summed E-state index contributed by atoms with van der Waals surface area (Å²) in [6, 6.07) is 4.15. The summed E-state index contributed by atoms with van der Waals surface area (Å²) < 4.78 is 21.9. The number of nitrogens with zero attached hydrogens (tertiary/aromatic N) is 8. The molecule has 216 valence electrons. The lowest BCUT2D eigenvalue weighted by atomic mass is 9.93. The van der Waals surface area contributed by atoms with Crippen molar-refractivity contribution in [2.75, 3.05) is 31.2 Å². The van der Waals surface area contributed by atoms with Gasteiger partial charge in [-0.2, -0.15) is 4.98 Å². The van der Waals surface area contributed by atoms with Crippen molar-refractivity contribution in [3.05, 3.63) is 59.1 Å². The first-order chi connectivity index (χ1) is 20.0. The van der Waals surface area contributed by atoms with Gasteiger partial charge < -0.3 is 33.8 Å². The number of ether oxygens (including phenoxy) is 3. The highest BCUT2D eigenvalue weighted by Crippen LogP contribution is 2.35. The smallest absolute Gasteiger partial charge is 0.435 e. The number of pyridine rings is 2. The Morgan fingerprint density at radius 2 is 1.93 bits per heavy atom. The molecule has 0 unspecified atom stereocenters. The average Bonchev–Trinajstić information content (AvgIpc) is 3.68. The zero-order valence-corrected chi connectivity index (χ0v) is 23.3. The van der Waals surface area contributed by atoms with Gasteiger partial charge in [-0.05, 0) is 50.5 Å². The van der Waals surface area contributed by atoms with Gasteiger partial charge in [0.15, 0.2) is 5.69 Å². The average molecular weight is 563 g/mol. The fourth-order valence-corrected chi connectivity index (χ4v) is 5.64. The van der Waals surface area contributed by atoms with Gasteiger partial charge >= 0.3 is 5.95 Å². The van der Waals surface area contributed by atoms with E-state index in [0.717, 1.165) is 55.5 Å². The van der Waals surface area contributed by atoms with E-state index in [0.29, 0.717) is 36.6 Å². The summed E-state index contributed by atoms with van der Waals surface area (Å²) in [5.74, 6) is 1.67. The Kier molecular flexibility index (Phi) is 7.68. The maximum absolute atomic E-state index is 11.4. The highest BCUT2D eigenvalue weighted by Gasteiger charge is 2.26. The molecule has 5 heterocycles. The molecule has 1 aliphatic heterocycles. The van der Waals surface area contributed by atoms with Crippen LogP contribution in [0.4, 0.5) is 11.8 Å². The predicted octanol–water partition coefficient (Wildman–Crippen LogP) is 4.49. The molecule has 6 rings (SSSR count). The van der Waals surface area contributed by atoms with Crippen molar-refractivity contribution in [1.82, 2.24) is 29.1 Å². The Hall–Kier alpha value is -4.26. The second kappa shape index (κ2) is 11.7. The van der Waals surface area contributed by atoms with Crippen LogP contribution < -0.4 is 14.4 Å². The van der Waals surface area contributed by atoms with Crippen molar-refractivity contribution in [2.45, 2.75) is 64.3 Å². The Balaban J connectivity index is 1.25. The van der Waals surface area contributed by atoms with Crippen molar-refractivity contribution >= 4 is 22.7 Å². The molecule has 2 aliphatic rings. The quantitative estimate of drug-likeness (QED) is 0.212. The fraction of sp³-hybridized carbons (Fsp3) is 0.500. The topological polar surface area (TPSA) is 135 Å². The highest BCUT2D eigenvalue weighted by atomic mass is 16.6. The van der Waals surface area contributed by atoms with Crippen molar-refractivity contribution in [3.63, 3.8) is 0 Å². The first kappa shape index (κ1) is 26.9. The molecule has 0 bridgehead atoms. The maximum atomic E-state index is 11.4. The molecule has 1 saturated carbocycles. The Labute approximate surface area is 237 Å². The second-order valence-corrected chi connectivity index (χ2v) is 10.7. The van der Waals surface area contributed by atoms with Gasteiger partial charge in [0.05, 0.1) is 42.7 Å². The maximum Gasteiger partial charge on any atom is 0.435 e. The number of anilines is 1. The summed E-state index contributed by atoms with van der Waals surface area (Å²) in [6.07, 6.45) is 12.7. The van der Waals surface area contributed by atoms with E-state index in [4.69, 9.17) is 24.2 Å². The van der Waals surface area contributed by atoms with Gasteiger partial charge in [0.2, 0.25) is 5.88 Å². The number of morpholine rings is 1. The molecule has 13 nitrogen and oxygen atoms in total. The lowest BCUT2D eigenvalue weighted by molar-refractivity contribution is -0.397. The first-order valence-electron chi connectivity index (χ1n) is 14.1. The van der Waals surface area contributed by atoms with E-state index >= 15 is 0 Å². The Bertz CT molecular complexity index is 1490. The van der Waals surface area contributed by atoms with E-state index in [2.05, 4.69) is 19.4 Å². The third-order valence-electron chi connectivity index (χ3n) is 7.73. The second-order valence-electron chi connectivity index (χ2n) is 10.7. The van der Waals surface area contributed by atoms with Crippen molar-refractivity contribution in [3.8, 4) is 11.6 Å². The van der Waals surface area contributed by atoms with E-state index in [1.54, 1.807) is 10.8 Å². The summed E-state index contributed by atoms with van der Waals surface area (Å²) in [5, 5.41) is 12.2. The van der Waals surface area contributed by atoms with Crippen molar-refractivity contribution < 1.29 is 19.1 Å². The van der Waals surface area contributed by atoms with Crippen LogP contribution in [0.3, 0.4) is 0 Å². The highest BCUT2D eigenvalue weighted by molar-refractivity contribution is 5.87. The van der Waals surface area contributed by atoms with Crippen LogP contribution in [-0.4, -0.2) is 66.4 Å². The molecule has 0 radical (unpaired) electrons. The van der Waals surface area contributed by atoms with Gasteiger partial charge in [-0.1, -0.05) is 4.98 Å². The van der Waals surface area contributed by atoms with Gasteiger partial charge in [0.1, 0.15) is 30.5 Å². The first-order valence-corrected chi connectivity index (χ1v) is 14.1. The van der Waals surface area contributed by atoms with Crippen LogP contribution in [0.15, 0.2) is 43.2 Å². The summed E-state index contributed by atoms with van der Waals surface area (Å²) >= 11 is 0. The molecule has 1 saturated heterocycles. The van der Waals surface area contributed by atoms with Gasteiger partial charge in [-0.25, -0.2) is 9.55 Å². The normalized spacial score (nSPS) is 19.5. The molecule has 0 atom stereocenters. The molecule has 0 spiro atoms. The van der Waals surface area contributed by atoms with E-state index in [1.165, 1.54) is 6.20 Å². The minimum Gasteiger partial charge on any atom is -0.484 e. The standard InChI is InChI=1S/C28H34N8O5/c1-19(2)35-21(15-31-28(35)36(37)38)17-40-23-13-24-25(30-16-23)14-26(33-9-11-39-12-10-33)32-27(24)41-22-5-3-20(4-6-22)34-8-7-29-18-34/h7-8,13-16,18-20,22H,3-6,9-12,17H2,1-2H3. The molecule has 1 aliphatic carbocycles. The van der Waals surface area contributed by atoms with Crippen molar-refractivity contribution in [1.29, 1.82) is 0 Å². The number of imidazole rings is 2. The van der Waals surface area contributed by atoms with E-state index in [1.807, 2.05) is 44.7 Å². The molecule has 0 aromatic carbocycles. The number of nitro groups is 1. The van der Waals surface area contributed by atoms with Crippen LogP contribution in [0.25, 0.3) is 10.9 Å². The van der Waals surface area contributed by atoms with Crippen molar-refractivity contribution in [2.24, 2.45) is 0 Å². The lowest BCUT2D eigenvalue weighted by Gasteiger charge is -2.31. The van der Waals surface area contributed by atoms with E-state index < -0.39 is 4.92 Å². The summed E-state index contributed by atoms with van der Waals surface area (Å²) in [6.45, 7) is 6.68. The Morgan fingerprint density at radius 3 is 2.63 bits per heavy atom. The molecule has 4 aromatic rings. The predicted molar refractivity (Wildman–Crippen MR) is 150 cm³/mol. The lowest BCUT2D eigenvalue weighted by Crippen LogP contribution is -2.36. The van der Waals surface area contributed by atoms with Crippen LogP contribution >= 0.6 is 0 Å². The van der Waals surface area contributed by atoms with Crippen LogP contribution in [0.5, 0.6) is 11.6 Å². The zero-order valence-electron chi connectivity index (χ0n) is 23.3. The SMILES string of the molecule is CC(C)n1c(COc2cnc3cc(N4CCOCC4)nc(OC4CCC(n5ccnc5)CC4)c3c2)cnc1[N+](=O)[O-].